The molecule has 1 saturated heterocycles. The molecule has 3 N–H and O–H groups in total. The summed E-state index contributed by atoms with van der Waals surface area (Å²) in [4.78, 5) is 22.7. The van der Waals surface area contributed by atoms with Crippen LogP contribution >= 0.6 is 15.9 Å². The number of nitrogens with one attached hydrogen (secondary N) is 2. The minimum Gasteiger partial charge on any atom is -0.481 e. The highest BCUT2D eigenvalue weighted by Crippen LogP contribution is 2.19. The molecule has 108 valence electrons. The molecule has 0 saturated carbocycles. The van der Waals surface area contributed by atoms with E-state index in [9.17, 15) is 14.0 Å². The van der Waals surface area contributed by atoms with E-state index in [0.29, 0.717) is 4.47 Å². The minimum absolute atomic E-state index is 0.0106. The second-order valence-electron chi connectivity index (χ2n) is 4.31. The van der Waals surface area contributed by atoms with Crippen LogP contribution in [0.15, 0.2) is 22.7 Å². The zero-order valence-corrected chi connectivity index (χ0v) is 11.8. The van der Waals surface area contributed by atoms with E-state index in [1.165, 1.54) is 12.1 Å². The van der Waals surface area contributed by atoms with Crippen molar-refractivity contribution < 1.29 is 23.8 Å². The van der Waals surface area contributed by atoms with E-state index < -0.39 is 29.8 Å². The Hall–Kier alpha value is -1.67. The van der Waals surface area contributed by atoms with Crippen molar-refractivity contribution in [2.24, 2.45) is 5.92 Å². The highest BCUT2D eigenvalue weighted by Gasteiger charge is 2.35. The average Bonchev–Trinajstić information content (AvgIpc) is 2.81. The van der Waals surface area contributed by atoms with Crippen LogP contribution in [-0.4, -0.2) is 36.4 Å². The highest BCUT2D eigenvalue weighted by molar-refractivity contribution is 9.10. The number of benzene rings is 1. The van der Waals surface area contributed by atoms with E-state index in [1.54, 1.807) is 6.07 Å². The zero-order valence-electron chi connectivity index (χ0n) is 10.2. The molecule has 0 aliphatic carbocycles. The monoisotopic (exact) mass is 346 g/mol. The average molecular weight is 347 g/mol. The largest absolute Gasteiger partial charge is 0.481 e. The van der Waals surface area contributed by atoms with Crippen LogP contribution in [0.4, 0.5) is 14.9 Å². The number of carboxylic acid groups (broad SMARTS) is 1. The number of anilines is 1. The predicted octanol–water partition coefficient (Wildman–Crippen LogP) is 1.81. The summed E-state index contributed by atoms with van der Waals surface area (Å²) in [6.45, 7) is 0.167. The summed E-state index contributed by atoms with van der Waals surface area (Å²) >= 11 is 3.11. The molecule has 1 aromatic carbocycles. The Bertz CT molecular complexity index is 540. The summed E-state index contributed by atoms with van der Waals surface area (Å²) in [5.41, 5.74) is 0.0106. The summed E-state index contributed by atoms with van der Waals surface area (Å²) in [7, 11) is 0. The van der Waals surface area contributed by atoms with Crippen molar-refractivity contribution in [3.63, 3.8) is 0 Å². The number of carboxylic acids is 1. The third kappa shape index (κ3) is 3.45. The lowest BCUT2D eigenvalue weighted by atomic mass is 10.0. The van der Waals surface area contributed by atoms with Crippen LogP contribution in [0.25, 0.3) is 0 Å². The first-order valence-electron chi connectivity index (χ1n) is 5.80. The van der Waals surface area contributed by atoms with Crippen LogP contribution in [0.5, 0.6) is 0 Å². The summed E-state index contributed by atoms with van der Waals surface area (Å²) < 4.78 is 19.1. The van der Waals surface area contributed by atoms with Crippen molar-refractivity contribution in [1.29, 1.82) is 0 Å². The smallest absolute Gasteiger partial charge is 0.319 e. The molecule has 0 radical (unpaired) electrons. The molecule has 0 bridgehead atoms. The van der Waals surface area contributed by atoms with Gasteiger partial charge in [0.25, 0.3) is 0 Å². The van der Waals surface area contributed by atoms with E-state index in [1.807, 2.05) is 0 Å². The molecule has 6 nitrogen and oxygen atoms in total. The Morgan fingerprint density at radius 2 is 2.15 bits per heavy atom. The van der Waals surface area contributed by atoms with Gasteiger partial charge in [0.2, 0.25) is 0 Å². The first-order chi connectivity index (χ1) is 9.47. The van der Waals surface area contributed by atoms with E-state index in [0.717, 1.165) is 0 Å². The van der Waals surface area contributed by atoms with Gasteiger partial charge in [-0.2, -0.15) is 0 Å². The fourth-order valence-corrected chi connectivity index (χ4v) is 2.19. The highest BCUT2D eigenvalue weighted by atomic mass is 79.9. The molecule has 1 aromatic rings. The normalized spacial score (nSPS) is 21.5. The molecule has 0 aromatic heterocycles. The molecule has 2 unspecified atom stereocenters. The van der Waals surface area contributed by atoms with Gasteiger partial charge in [0.15, 0.2) is 0 Å². The number of halogens is 2. The van der Waals surface area contributed by atoms with Gasteiger partial charge >= 0.3 is 12.0 Å². The third-order valence-electron chi connectivity index (χ3n) is 2.89. The lowest BCUT2D eigenvalue weighted by molar-refractivity contribution is -0.142. The van der Waals surface area contributed by atoms with Gasteiger partial charge in [0.05, 0.1) is 24.9 Å². The van der Waals surface area contributed by atoms with Gasteiger partial charge in [-0.1, -0.05) is 15.9 Å². The predicted molar refractivity (Wildman–Crippen MR) is 72.0 cm³/mol. The number of carbonyl (C=O) groups is 2. The molecular formula is C12H12BrFN2O4. The van der Waals surface area contributed by atoms with E-state index in [-0.39, 0.29) is 18.9 Å². The van der Waals surface area contributed by atoms with Crippen LogP contribution < -0.4 is 10.6 Å². The summed E-state index contributed by atoms with van der Waals surface area (Å²) in [6.07, 6.45) is 0. The summed E-state index contributed by atoms with van der Waals surface area (Å²) in [6, 6.07) is 2.89. The molecule has 2 amide bonds. The van der Waals surface area contributed by atoms with Crippen molar-refractivity contribution in [1.82, 2.24) is 5.32 Å². The van der Waals surface area contributed by atoms with Gasteiger partial charge in [-0.05, 0) is 18.2 Å². The molecule has 1 fully saturated rings. The van der Waals surface area contributed by atoms with Crippen LogP contribution in [0.1, 0.15) is 0 Å². The number of amides is 2. The topological polar surface area (TPSA) is 87.7 Å². The van der Waals surface area contributed by atoms with Gasteiger partial charge in [-0.3, -0.25) is 4.79 Å². The van der Waals surface area contributed by atoms with Crippen molar-refractivity contribution >= 4 is 33.6 Å². The molecule has 1 heterocycles. The molecule has 0 spiro atoms. The number of carbonyl (C=O) groups excluding carboxylic acids is 1. The quantitative estimate of drug-likeness (QED) is 0.778. The Kier molecular flexibility index (Phi) is 4.56. The van der Waals surface area contributed by atoms with Gasteiger partial charge < -0.3 is 20.5 Å². The van der Waals surface area contributed by atoms with Crippen molar-refractivity contribution in [2.45, 2.75) is 6.04 Å². The lowest BCUT2D eigenvalue weighted by Gasteiger charge is -2.16. The van der Waals surface area contributed by atoms with Crippen molar-refractivity contribution in [2.75, 3.05) is 18.5 Å². The minimum atomic E-state index is -1.04. The lowest BCUT2D eigenvalue weighted by Crippen LogP contribution is -2.44. The standard InChI is InChI=1S/C12H12BrFN2O4/c13-6-1-2-9(8(14)3-6)15-12(19)16-10-5-20-4-7(10)11(17)18/h1-3,7,10H,4-5H2,(H,17,18)(H2,15,16,19). The van der Waals surface area contributed by atoms with Crippen LogP contribution in [0.2, 0.25) is 0 Å². The van der Waals surface area contributed by atoms with Gasteiger partial charge in [-0.25, -0.2) is 9.18 Å². The maximum Gasteiger partial charge on any atom is 0.319 e. The third-order valence-corrected chi connectivity index (χ3v) is 3.39. The van der Waals surface area contributed by atoms with Crippen LogP contribution in [0.3, 0.4) is 0 Å². The number of hydrogen-bond acceptors (Lipinski definition) is 3. The van der Waals surface area contributed by atoms with Gasteiger partial charge in [0, 0.05) is 4.47 Å². The van der Waals surface area contributed by atoms with E-state index in [4.69, 9.17) is 9.84 Å². The molecule has 1 aliphatic heterocycles. The Labute approximate surface area is 122 Å². The Morgan fingerprint density at radius 3 is 2.80 bits per heavy atom. The second-order valence-corrected chi connectivity index (χ2v) is 5.23. The molecular weight excluding hydrogens is 335 g/mol. The van der Waals surface area contributed by atoms with Crippen molar-refractivity contribution in [3.8, 4) is 0 Å². The Balaban J connectivity index is 1.97. The van der Waals surface area contributed by atoms with Crippen molar-refractivity contribution in [3.05, 3.63) is 28.5 Å². The fraction of sp³-hybridized carbons (Fsp3) is 0.333. The molecule has 2 atom stereocenters. The van der Waals surface area contributed by atoms with E-state index >= 15 is 0 Å². The number of ether oxygens (including phenoxy) is 1. The zero-order chi connectivity index (χ0) is 14.7. The molecule has 2 rings (SSSR count). The first-order valence-corrected chi connectivity index (χ1v) is 6.60. The van der Waals surface area contributed by atoms with Crippen LogP contribution in [-0.2, 0) is 9.53 Å². The summed E-state index contributed by atoms with van der Waals surface area (Å²) in [5.74, 6) is -2.43. The number of urea groups is 1. The summed E-state index contributed by atoms with van der Waals surface area (Å²) in [5, 5.41) is 13.7. The first kappa shape index (κ1) is 14.7. The van der Waals surface area contributed by atoms with Crippen LogP contribution in [0, 0.1) is 11.7 Å². The SMILES string of the molecule is O=C(Nc1ccc(Br)cc1F)NC1COCC1C(=O)O. The molecule has 1 aliphatic rings. The Morgan fingerprint density at radius 1 is 1.40 bits per heavy atom. The second kappa shape index (κ2) is 6.19. The van der Waals surface area contributed by atoms with Gasteiger partial charge in [-0.15, -0.1) is 0 Å². The maximum atomic E-state index is 13.5. The van der Waals surface area contributed by atoms with Gasteiger partial charge in [0.1, 0.15) is 11.7 Å². The fourth-order valence-electron chi connectivity index (χ4n) is 1.86. The number of hydrogen-bond donors (Lipinski definition) is 3. The van der Waals surface area contributed by atoms with E-state index in [2.05, 4.69) is 26.6 Å². The number of rotatable bonds is 3. The molecule has 20 heavy (non-hydrogen) atoms. The number of aliphatic carboxylic acids is 1. The maximum absolute atomic E-state index is 13.5. The molecule has 8 heteroatoms.